The number of hydrogen-bond donors (Lipinski definition) is 1. The molecule has 0 aromatic heterocycles. The Morgan fingerprint density at radius 1 is 1.16 bits per heavy atom. The van der Waals surface area contributed by atoms with Crippen molar-refractivity contribution >= 4 is 6.09 Å². The van der Waals surface area contributed by atoms with E-state index in [0.29, 0.717) is 13.1 Å². The smallest absolute Gasteiger partial charge is 0.410 e. The molecule has 1 unspecified atom stereocenters. The van der Waals surface area contributed by atoms with Crippen molar-refractivity contribution in [2.45, 2.75) is 39.8 Å². The quantitative estimate of drug-likeness (QED) is 0.914. The highest BCUT2D eigenvalue weighted by Crippen LogP contribution is 2.52. The Balaban J connectivity index is 1.66. The summed E-state index contributed by atoms with van der Waals surface area (Å²) in [5.41, 5.74) is 0.561. The number of rotatable bonds is 3. The number of nitrogens with zero attached hydrogens (tertiary/aromatic N) is 2. The molecule has 0 bridgehead atoms. The van der Waals surface area contributed by atoms with Crippen LogP contribution in [-0.2, 0) is 11.3 Å². The zero-order chi connectivity index (χ0) is 18.3. The number of ether oxygens (including phenoxy) is 1. The molecule has 0 radical (unpaired) electrons. The number of carbonyl (C=O) groups is 1. The second-order valence-electron chi connectivity index (χ2n) is 8.97. The summed E-state index contributed by atoms with van der Waals surface area (Å²) in [6.45, 7) is 11.9. The van der Waals surface area contributed by atoms with Crippen LogP contribution in [0.4, 0.5) is 4.79 Å². The van der Waals surface area contributed by atoms with Crippen molar-refractivity contribution in [3.63, 3.8) is 0 Å². The Morgan fingerprint density at radius 2 is 1.80 bits per heavy atom. The number of aliphatic hydroxyl groups excluding tert-OH is 1. The normalized spacial score (nSPS) is 25.9. The molecule has 2 heterocycles. The lowest BCUT2D eigenvalue weighted by molar-refractivity contribution is -0.0859. The molecule has 1 amide bonds. The van der Waals surface area contributed by atoms with Gasteiger partial charge in [-0.05, 0) is 26.3 Å². The van der Waals surface area contributed by atoms with Gasteiger partial charge in [0.2, 0.25) is 0 Å². The Bertz CT molecular complexity index is 620. The Morgan fingerprint density at radius 3 is 2.36 bits per heavy atom. The van der Waals surface area contributed by atoms with Crippen molar-refractivity contribution in [2.75, 3.05) is 32.8 Å². The van der Waals surface area contributed by atoms with Crippen LogP contribution in [0.1, 0.15) is 33.3 Å². The molecule has 5 nitrogen and oxygen atoms in total. The first-order chi connectivity index (χ1) is 11.7. The van der Waals surface area contributed by atoms with E-state index in [1.807, 2.05) is 26.8 Å². The SMILES string of the molecule is CC(C)(C)OC(=O)N1CC2(CN(Cc3ccccc3)CC2(C)CO)C1. The highest BCUT2D eigenvalue weighted by Gasteiger charge is 2.61. The van der Waals surface area contributed by atoms with Gasteiger partial charge in [-0.15, -0.1) is 0 Å². The third kappa shape index (κ3) is 3.53. The minimum atomic E-state index is -0.477. The molecule has 2 saturated heterocycles. The van der Waals surface area contributed by atoms with Crippen molar-refractivity contribution < 1.29 is 14.6 Å². The van der Waals surface area contributed by atoms with E-state index < -0.39 is 5.60 Å². The fourth-order valence-electron chi connectivity index (χ4n) is 4.13. The first kappa shape index (κ1) is 18.2. The van der Waals surface area contributed by atoms with Gasteiger partial charge in [0.25, 0.3) is 0 Å². The second kappa shape index (κ2) is 6.29. The van der Waals surface area contributed by atoms with Crippen LogP contribution in [0.5, 0.6) is 0 Å². The van der Waals surface area contributed by atoms with Crippen molar-refractivity contribution in [3.8, 4) is 0 Å². The lowest BCUT2D eigenvalue weighted by Gasteiger charge is -2.54. The molecule has 2 aliphatic rings. The minimum Gasteiger partial charge on any atom is -0.444 e. The summed E-state index contributed by atoms with van der Waals surface area (Å²) in [5.74, 6) is 0. The van der Waals surface area contributed by atoms with Crippen molar-refractivity contribution in [1.29, 1.82) is 0 Å². The monoisotopic (exact) mass is 346 g/mol. The molecule has 0 aliphatic carbocycles. The molecule has 5 heteroatoms. The average molecular weight is 346 g/mol. The van der Waals surface area contributed by atoms with Gasteiger partial charge >= 0.3 is 6.09 Å². The zero-order valence-electron chi connectivity index (χ0n) is 15.8. The molecular weight excluding hydrogens is 316 g/mol. The maximum atomic E-state index is 12.3. The summed E-state index contributed by atoms with van der Waals surface area (Å²) in [5, 5.41) is 10.1. The third-order valence-electron chi connectivity index (χ3n) is 5.62. The predicted molar refractivity (Wildman–Crippen MR) is 97.2 cm³/mol. The van der Waals surface area contributed by atoms with Crippen LogP contribution in [0.15, 0.2) is 30.3 Å². The van der Waals surface area contributed by atoms with E-state index in [0.717, 1.165) is 19.6 Å². The van der Waals surface area contributed by atoms with Gasteiger partial charge in [0.15, 0.2) is 0 Å². The van der Waals surface area contributed by atoms with E-state index in [4.69, 9.17) is 4.74 Å². The van der Waals surface area contributed by atoms with Crippen LogP contribution in [0.25, 0.3) is 0 Å². The third-order valence-corrected chi connectivity index (χ3v) is 5.62. The summed E-state index contributed by atoms with van der Waals surface area (Å²) >= 11 is 0. The fraction of sp³-hybridized carbons (Fsp3) is 0.650. The van der Waals surface area contributed by atoms with E-state index in [9.17, 15) is 9.90 Å². The van der Waals surface area contributed by atoms with Crippen molar-refractivity contribution in [2.24, 2.45) is 10.8 Å². The number of benzene rings is 1. The Hall–Kier alpha value is -1.59. The van der Waals surface area contributed by atoms with E-state index >= 15 is 0 Å². The van der Waals surface area contributed by atoms with Crippen LogP contribution in [0.3, 0.4) is 0 Å². The standard InChI is InChI=1S/C20H30N2O3/c1-18(2,3)25-17(24)22-13-20(14-22)12-21(11-19(20,4)15-23)10-16-8-6-5-7-9-16/h5-9,23H,10-15H2,1-4H3. The van der Waals surface area contributed by atoms with Gasteiger partial charge in [0.05, 0.1) is 6.61 Å². The maximum absolute atomic E-state index is 12.3. The molecule has 1 N–H and O–H groups in total. The maximum Gasteiger partial charge on any atom is 0.410 e. The summed E-state index contributed by atoms with van der Waals surface area (Å²) in [7, 11) is 0. The van der Waals surface area contributed by atoms with E-state index in [1.165, 1.54) is 5.56 Å². The topological polar surface area (TPSA) is 53.0 Å². The van der Waals surface area contributed by atoms with Crippen LogP contribution in [0, 0.1) is 10.8 Å². The molecule has 1 spiro atoms. The van der Waals surface area contributed by atoms with Gasteiger partial charge in [-0.1, -0.05) is 37.3 Å². The molecule has 138 valence electrons. The van der Waals surface area contributed by atoms with Gasteiger partial charge in [-0.25, -0.2) is 4.79 Å². The molecule has 0 saturated carbocycles. The van der Waals surface area contributed by atoms with E-state index in [1.54, 1.807) is 4.90 Å². The number of hydrogen-bond acceptors (Lipinski definition) is 4. The fourth-order valence-corrected chi connectivity index (χ4v) is 4.13. The van der Waals surface area contributed by atoms with Gasteiger partial charge in [0.1, 0.15) is 5.60 Å². The molecule has 2 fully saturated rings. The molecule has 2 aliphatic heterocycles. The largest absolute Gasteiger partial charge is 0.444 e. The number of likely N-dealkylation sites (tertiary alicyclic amines) is 2. The highest BCUT2D eigenvalue weighted by atomic mass is 16.6. The number of aliphatic hydroxyl groups is 1. The average Bonchev–Trinajstić information content (AvgIpc) is 2.78. The molecule has 3 rings (SSSR count). The van der Waals surface area contributed by atoms with Crippen molar-refractivity contribution in [1.82, 2.24) is 9.80 Å². The lowest BCUT2D eigenvalue weighted by atomic mass is 9.62. The second-order valence-corrected chi connectivity index (χ2v) is 8.97. The minimum absolute atomic E-state index is 0.0482. The van der Waals surface area contributed by atoms with E-state index in [-0.39, 0.29) is 23.5 Å². The first-order valence-electron chi connectivity index (χ1n) is 9.02. The summed E-state index contributed by atoms with van der Waals surface area (Å²) in [6, 6.07) is 10.4. The molecule has 1 atom stereocenters. The summed E-state index contributed by atoms with van der Waals surface area (Å²) < 4.78 is 5.48. The van der Waals surface area contributed by atoms with E-state index in [2.05, 4.69) is 36.1 Å². The van der Waals surface area contributed by atoms with Crippen LogP contribution < -0.4 is 0 Å². The Kier molecular flexibility index (Phi) is 4.58. The molecular formula is C20H30N2O3. The summed E-state index contributed by atoms with van der Waals surface area (Å²) in [6.07, 6.45) is -0.250. The van der Waals surface area contributed by atoms with Crippen molar-refractivity contribution in [3.05, 3.63) is 35.9 Å². The van der Waals surface area contributed by atoms with Gasteiger partial charge in [-0.3, -0.25) is 4.90 Å². The van der Waals surface area contributed by atoms with Crippen LogP contribution in [0.2, 0.25) is 0 Å². The number of carbonyl (C=O) groups excluding carboxylic acids is 1. The van der Waals surface area contributed by atoms with Gasteiger partial charge in [-0.2, -0.15) is 0 Å². The zero-order valence-corrected chi connectivity index (χ0v) is 15.8. The van der Waals surface area contributed by atoms with Crippen LogP contribution in [-0.4, -0.2) is 59.4 Å². The van der Waals surface area contributed by atoms with Gasteiger partial charge < -0.3 is 14.7 Å². The summed E-state index contributed by atoms with van der Waals surface area (Å²) in [4.78, 5) is 16.5. The van der Waals surface area contributed by atoms with Crippen LogP contribution >= 0.6 is 0 Å². The highest BCUT2D eigenvalue weighted by molar-refractivity contribution is 5.69. The Labute approximate surface area is 150 Å². The first-order valence-corrected chi connectivity index (χ1v) is 9.02. The number of amides is 1. The predicted octanol–water partition coefficient (Wildman–Crippen LogP) is 2.74. The molecule has 1 aromatic carbocycles. The van der Waals surface area contributed by atoms with Gasteiger partial charge in [0, 0.05) is 43.6 Å². The molecule has 1 aromatic rings. The lowest BCUT2D eigenvalue weighted by Crippen LogP contribution is -2.66. The molecule has 25 heavy (non-hydrogen) atoms.